The summed E-state index contributed by atoms with van der Waals surface area (Å²) in [6, 6.07) is -0.216. The quantitative estimate of drug-likeness (QED) is 0.597. The number of urea groups is 1. The van der Waals surface area contributed by atoms with Crippen molar-refractivity contribution >= 4 is 17.9 Å². The predicted octanol–water partition coefficient (Wildman–Crippen LogP) is -0.476. The van der Waals surface area contributed by atoms with Crippen LogP contribution >= 0.6 is 0 Å². The summed E-state index contributed by atoms with van der Waals surface area (Å²) in [5.74, 6) is -1.27. The summed E-state index contributed by atoms with van der Waals surface area (Å²) in [6.07, 6.45) is 3.64. The number of nitrogens with zero attached hydrogens (tertiary/aromatic N) is 1. The van der Waals surface area contributed by atoms with Crippen LogP contribution in [0.3, 0.4) is 0 Å². The number of carboxylic acids is 1. The van der Waals surface area contributed by atoms with E-state index in [1.54, 1.807) is 0 Å². The van der Waals surface area contributed by atoms with E-state index < -0.39 is 12.0 Å². The van der Waals surface area contributed by atoms with E-state index in [1.165, 1.54) is 4.90 Å². The maximum absolute atomic E-state index is 11.7. The van der Waals surface area contributed by atoms with Crippen LogP contribution in [0.4, 0.5) is 4.79 Å². The molecule has 0 unspecified atom stereocenters. The SMILES string of the molecule is O=C(O)CN(C(=O)NCC(=O)NC1CC1)C1CC1. The van der Waals surface area contributed by atoms with E-state index in [0.717, 1.165) is 25.7 Å². The fourth-order valence-corrected chi connectivity index (χ4v) is 1.66. The first kappa shape index (κ1) is 12.7. The van der Waals surface area contributed by atoms with E-state index in [1.807, 2.05) is 0 Å². The summed E-state index contributed by atoms with van der Waals surface area (Å²) in [5, 5.41) is 13.9. The predicted molar refractivity (Wildman–Crippen MR) is 61.9 cm³/mol. The molecule has 0 aromatic heterocycles. The lowest BCUT2D eigenvalue weighted by molar-refractivity contribution is -0.137. The van der Waals surface area contributed by atoms with E-state index in [-0.39, 0.29) is 31.1 Å². The van der Waals surface area contributed by atoms with Gasteiger partial charge in [0.15, 0.2) is 0 Å². The van der Waals surface area contributed by atoms with Crippen LogP contribution in [-0.2, 0) is 9.59 Å². The number of hydrogen-bond acceptors (Lipinski definition) is 3. The monoisotopic (exact) mass is 255 g/mol. The van der Waals surface area contributed by atoms with E-state index in [2.05, 4.69) is 10.6 Å². The smallest absolute Gasteiger partial charge is 0.323 e. The molecule has 18 heavy (non-hydrogen) atoms. The van der Waals surface area contributed by atoms with Gasteiger partial charge in [0.05, 0.1) is 6.54 Å². The van der Waals surface area contributed by atoms with Crippen LogP contribution in [0.2, 0.25) is 0 Å². The lowest BCUT2D eigenvalue weighted by atomic mass is 10.4. The Labute approximate surface area is 105 Å². The highest BCUT2D eigenvalue weighted by molar-refractivity contribution is 5.86. The molecule has 2 aliphatic carbocycles. The molecule has 0 radical (unpaired) electrons. The highest BCUT2D eigenvalue weighted by Gasteiger charge is 2.34. The van der Waals surface area contributed by atoms with Crippen LogP contribution in [0.15, 0.2) is 0 Å². The van der Waals surface area contributed by atoms with Crippen molar-refractivity contribution in [1.29, 1.82) is 0 Å². The Morgan fingerprint density at radius 2 is 1.83 bits per heavy atom. The third kappa shape index (κ3) is 3.90. The number of nitrogens with one attached hydrogen (secondary N) is 2. The highest BCUT2D eigenvalue weighted by atomic mass is 16.4. The second-order valence-corrected chi connectivity index (χ2v) is 4.75. The molecule has 0 spiro atoms. The van der Waals surface area contributed by atoms with Crippen molar-refractivity contribution in [3.05, 3.63) is 0 Å². The lowest BCUT2D eigenvalue weighted by Gasteiger charge is -2.20. The van der Waals surface area contributed by atoms with Gasteiger partial charge in [0, 0.05) is 12.1 Å². The fraction of sp³-hybridized carbons (Fsp3) is 0.727. The van der Waals surface area contributed by atoms with Gasteiger partial charge < -0.3 is 20.6 Å². The molecule has 7 nitrogen and oxygen atoms in total. The average molecular weight is 255 g/mol. The van der Waals surface area contributed by atoms with Crippen molar-refractivity contribution in [2.45, 2.75) is 37.8 Å². The molecule has 2 fully saturated rings. The Balaban J connectivity index is 1.73. The fourth-order valence-electron chi connectivity index (χ4n) is 1.66. The summed E-state index contributed by atoms with van der Waals surface area (Å²) in [4.78, 5) is 35.0. The van der Waals surface area contributed by atoms with Crippen LogP contribution in [-0.4, -0.2) is 53.1 Å². The van der Waals surface area contributed by atoms with Crippen molar-refractivity contribution < 1.29 is 19.5 Å². The number of carbonyl (C=O) groups excluding carboxylic acids is 2. The minimum absolute atomic E-state index is 0.00703. The zero-order valence-electron chi connectivity index (χ0n) is 10.0. The van der Waals surface area contributed by atoms with Gasteiger partial charge in [0.2, 0.25) is 5.91 Å². The van der Waals surface area contributed by atoms with Gasteiger partial charge in [-0.3, -0.25) is 9.59 Å². The largest absolute Gasteiger partial charge is 0.480 e. The second-order valence-electron chi connectivity index (χ2n) is 4.75. The molecule has 0 bridgehead atoms. The van der Waals surface area contributed by atoms with Gasteiger partial charge in [-0.05, 0) is 25.7 Å². The van der Waals surface area contributed by atoms with E-state index in [0.29, 0.717) is 0 Å². The summed E-state index contributed by atoms with van der Waals surface area (Å²) in [6.45, 7) is -0.418. The normalized spacial score (nSPS) is 18.0. The first-order chi connectivity index (χ1) is 8.56. The number of rotatable bonds is 6. The molecule has 0 saturated heterocycles. The summed E-state index contributed by atoms with van der Waals surface area (Å²) in [5.41, 5.74) is 0. The maximum atomic E-state index is 11.7. The Morgan fingerprint density at radius 1 is 1.17 bits per heavy atom. The van der Waals surface area contributed by atoms with Gasteiger partial charge in [-0.25, -0.2) is 4.79 Å². The molecular weight excluding hydrogens is 238 g/mol. The summed E-state index contributed by atoms with van der Waals surface area (Å²) in [7, 11) is 0. The Morgan fingerprint density at radius 3 is 2.33 bits per heavy atom. The van der Waals surface area contributed by atoms with Crippen LogP contribution < -0.4 is 10.6 Å². The van der Waals surface area contributed by atoms with Gasteiger partial charge >= 0.3 is 12.0 Å². The van der Waals surface area contributed by atoms with E-state index >= 15 is 0 Å². The molecule has 100 valence electrons. The van der Waals surface area contributed by atoms with Crippen molar-refractivity contribution in [2.75, 3.05) is 13.1 Å². The third-order valence-corrected chi connectivity index (χ3v) is 2.90. The Bertz CT molecular complexity index is 363. The maximum Gasteiger partial charge on any atom is 0.323 e. The molecule has 7 heteroatoms. The topological polar surface area (TPSA) is 98.7 Å². The molecule has 0 aromatic rings. The number of aliphatic carboxylic acids is 1. The molecule has 0 heterocycles. The average Bonchev–Trinajstić information content (AvgIpc) is 3.14. The van der Waals surface area contributed by atoms with Crippen molar-refractivity contribution in [2.24, 2.45) is 0 Å². The Kier molecular flexibility index (Phi) is 3.69. The highest BCUT2D eigenvalue weighted by Crippen LogP contribution is 2.26. The van der Waals surface area contributed by atoms with Gasteiger partial charge in [-0.2, -0.15) is 0 Å². The minimum Gasteiger partial charge on any atom is -0.480 e. The Hall–Kier alpha value is -1.79. The molecule has 2 saturated carbocycles. The van der Waals surface area contributed by atoms with Crippen molar-refractivity contribution in [3.63, 3.8) is 0 Å². The van der Waals surface area contributed by atoms with Crippen molar-refractivity contribution in [3.8, 4) is 0 Å². The molecule has 3 N–H and O–H groups in total. The zero-order valence-corrected chi connectivity index (χ0v) is 10.0. The summed E-state index contributed by atoms with van der Waals surface area (Å²) >= 11 is 0. The van der Waals surface area contributed by atoms with E-state index in [4.69, 9.17) is 5.11 Å². The molecule has 0 aliphatic heterocycles. The van der Waals surface area contributed by atoms with Gasteiger partial charge in [-0.15, -0.1) is 0 Å². The molecule has 0 atom stereocenters. The molecule has 2 aliphatic rings. The number of hydrogen-bond donors (Lipinski definition) is 3. The molecule has 2 rings (SSSR count). The van der Waals surface area contributed by atoms with Crippen LogP contribution in [0.1, 0.15) is 25.7 Å². The minimum atomic E-state index is -1.04. The van der Waals surface area contributed by atoms with Crippen LogP contribution in [0, 0.1) is 0 Å². The van der Waals surface area contributed by atoms with Gasteiger partial charge in [0.25, 0.3) is 0 Å². The standard InChI is InChI=1S/C11H17N3O4/c15-9(13-7-1-2-7)5-12-11(18)14(6-10(16)17)8-3-4-8/h7-8H,1-6H2,(H,12,18)(H,13,15)(H,16,17). The zero-order chi connectivity index (χ0) is 13.1. The first-order valence-electron chi connectivity index (χ1n) is 6.12. The first-order valence-corrected chi connectivity index (χ1v) is 6.12. The van der Waals surface area contributed by atoms with Gasteiger partial charge in [-0.1, -0.05) is 0 Å². The number of carboxylic acid groups (broad SMARTS) is 1. The van der Waals surface area contributed by atoms with Crippen molar-refractivity contribution in [1.82, 2.24) is 15.5 Å². The van der Waals surface area contributed by atoms with E-state index in [9.17, 15) is 14.4 Å². The number of carbonyl (C=O) groups is 3. The third-order valence-electron chi connectivity index (χ3n) is 2.90. The van der Waals surface area contributed by atoms with Crippen LogP contribution in [0.25, 0.3) is 0 Å². The molecule has 3 amide bonds. The number of amides is 3. The lowest BCUT2D eigenvalue weighted by Crippen LogP contribution is -2.47. The second kappa shape index (κ2) is 5.24. The molecule has 0 aromatic carbocycles. The van der Waals surface area contributed by atoms with Gasteiger partial charge in [0.1, 0.15) is 6.54 Å². The molecular formula is C11H17N3O4. The summed E-state index contributed by atoms with van der Waals surface area (Å²) < 4.78 is 0. The van der Waals surface area contributed by atoms with Crippen LogP contribution in [0.5, 0.6) is 0 Å².